The quantitative estimate of drug-likeness (QED) is 0.855. The highest BCUT2D eigenvalue weighted by Gasteiger charge is 2.38. The van der Waals surface area contributed by atoms with E-state index in [0.717, 1.165) is 18.9 Å². The smallest absolute Gasteiger partial charge is 0.246 e. The second kappa shape index (κ2) is 4.72. The topological polar surface area (TPSA) is 63.4 Å². The second-order valence-electron chi connectivity index (χ2n) is 4.07. The number of halogens is 1. The van der Waals surface area contributed by atoms with Crippen LogP contribution in [0.2, 0.25) is 0 Å². The molecule has 0 heterocycles. The van der Waals surface area contributed by atoms with E-state index in [-0.39, 0.29) is 24.0 Å². The van der Waals surface area contributed by atoms with Crippen molar-refractivity contribution in [3.05, 3.63) is 30.1 Å². The molecule has 2 rings (SSSR count). The van der Waals surface area contributed by atoms with E-state index in [9.17, 15) is 12.8 Å². The van der Waals surface area contributed by atoms with Crippen molar-refractivity contribution in [1.29, 1.82) is 0 Å². The zero-order valence-electron chi connectivity index (χ0n) is 9.34. The lowest BCUT2D eigenvalue weighted by atomic mass is 10.4. The number of hydrogen-bond acceptors (Lipinski definition) is 3. The van der Waals surface area contributed by atoms with Gasteiger partial charge in [0.15, 0.2) is 0 Å². The summed E-state index contributed by atoms with van der Waals surface area (Å²) in [6, 6.07) is 5.42. The van der Waals surface area contributed by atoms with Gasteiger partial charge in [0.2, 0.25) is 10.0 Å². The number of sulfonamides is 1. The van der Waals surface area contributed by atoms with Crippen molar-refractivity contribution in [3.8, 4) is 0 Å². The van der Waals surface area contributed by atoms with Gasteiger partial charge in [-0.25, -0.2) is 12.8 Å². The summed E-state index contributed by atoms with van der Waals surface area (Å²) in [6.45, 7) is 0.478. The molecule has 4 nitrogen and oxygen atoms in total. The predicted molar refractivity (Wildman–Crippen MR) is 62.4 cm³/mol. The Labute approximate surface area is 100 Å². The molecule has 0 aliphatic heterocycles. The Morgan fingerprint density at radius 1 is 1.35 bits per heavy atom. The summed E-state index contributed by atoms with van der Waals surface area (Å²) in [4.78, 5) is -0.264. The van der Waals surface area contributed by atoms with Crippen LogP contribution in [0.5, 0.6) is 0 Å². The zero-order chi connectivity index (χ0) is 12.5. The first-order valence-electron chi connectivity index (χ1n) is 5.54. The molecule has 0 aromatic heterocycles. The number of nitrogens with zero attached hydrogens (tertiary/aromatic N) is 1. The molecule has 0 amide bonds. The molecule has 1 fully saturated rings. The Kier molecular flexibility index (Phi) is 3.46. The van der Waals surface area contributed by atoms with Crippen LogP contribution in [0.15, 0.2) is 29.2 Å². The van der Waals surface area contributed by atoms with Crippen LogP contribution in [0.1, 0.15) is 12.8 Å². The molecule has 94 valence electrons. The molecule has 1 aliphatic carbocycles. The molecule has 1 aliphatic rings. The van der Waals surface area contributed by atoms with E-state index in [1.54, 1.807) is 0 Å². The fraction of sp³-hybridized carbons (Fsp3) is 0.455. The Morgan fingerprint density at radius 3 is 2.53 bits per heavy atom. The van der Waals surface area contributed by atoms with Crippen LogP contribution in [0.25, 0.3) is 0 Å². The molecule has 0 bridgehead atoms. The Bertz CT molecular complexity index is 500. The van der Waals surface area contributed by atoms with E-state index < -0.39 is 15.8 Å². The third kappa shape index (κ3) is 2.48. The molecule has 0 radical (unpaired) electrons. The summed E-state index contributed by atoms with van der Waals surface area (Å²) >= 11 is 0. The molecule has 0 atom stereocenters. The van der Waals surface area contributed by atoms with Crippen LogP contribution in [-0.4, -0.2) is 31.9 Å². The maximum absolute atomic E-state index is 13.5. The summed E-state index contributed by atoms with van der Waals surface area (Å²) in [5, 5.41) is 0. The van der Waals surface area contributed by atoms with Crippen molar-refractivity contribution in [2.75, 3.05) is 13.1 Å². The highest BCUT2D eigenvalue weighted by molar-refractivity contribution is 7.89. The molecule has 0 spiro atoms. The van der Waals surface area contributed by atoms with Crippen LogP contribution < -0.4 is 5.73 Å². The van der Waals surface area contributed by atoms with Crippen LogP contribution in [-0.2, 0) is 10.0 Å². The van der Waals surface area contributed by atoms with E-state index in [1.807, 2.05) is 0 Å². The third-order valence-corrected chi connectivity index (χ3v) is 4.71. The average molecular weight is 258 g/mol. The maximum atomic E-state index is 13.5. The van der Waals surface area contributed by atoms with Crippen molar-refractivity contribution in [1.82, 2.24) is 4.31 Å². The Morgan fingerprint density at radius 2 is 2.00 bits per heavy atom. The van der Waals surface area contributed by atoms with Gasteiger partial charge in [0.25, 0.3) is 0 Å². The molecule has 1 saturated carbocycles. The first-order chi connectivity index (χ1) is 8.07. The fourth-order valence-electron chi connectivity index (χ4n) is 1.77. The zero-order valence-corrected chi connectivity index (χ0v) is 10.2. The van der Waals surface area contributed by atoms with Crippen molar-refractivity contribution in [2.45, 2.75) is 23.8 Å². The minimum Gasteiger partial charge on any atom is -0.329 e. The molecule has 0 unspecified atom stereocenters. The molecule has 0 saturated heterocycles. The first-order valence-corrected chi connectivity index (χ1v) is 6.98. The second-order valence-corrected chi connectivity index (χ2v) is 5.93. The Balaban J connectivity index is 2.37. The lowest BCUT2D eigenvalue weighted by Crippen LogP contribution is -2.37. The third-order valence-electron chi connectivity index (χ3n) is 2.73. The highest BCUT2D eigenvalue weighted by atomic mass is 32.2. The maximum Gasteiger partial charge on any atom is 0.246 e. The molecule has 2 N–H and O–H groups in total. The lowest BCUT2D eigenvalue weighted by molar-refractivity contribution is 0.408. The van der Waals surface area contributed by atoms with Gasteiger partial charge >= 0.3 is 0 Å². The molecule has 1 aromatic rings. The van der Waals surface area contributed by atoms with E-state index in [4.69, 9.17) is 5.73 Å². The van der Waals surface area contributed by atoms with Crippen molar-refractivity contribution in [2.24, 2.45) is 5.73 Å². The molecule has 1 aromatic carbocycles. The molecule has 17 heavy (non-hydrogen) atoms. The van der Waals surface area contributed by atoms with E-state index in [2.05, 4.69) is 0 Å². The lowest BCUT2D eigenvalue weighted by Gasteiger charge is -2.21. The van der Waals surface area contributed by atoms with E-state index in [0.29, 0.717) is 0 Å². The highest BCUT2D eigenvalue weighted by Crippen LogP contribution is 2.32. The van der Waals surface area contributed by atoms with Crippen LogP contribution in [0, 0.1) is 5.82 Å². The standard InChI is InChI=1S/C11H15FN2O2S/c12-10-3-1-2-4-11(10)17(15,16)14(8-7-13)9-5-6-9/h1-4,9H,5-8,13H2. The van der Waals surface area contributed by atoms with Gasteiger partial charge in [-0.1, -0.05) is 12.1 Å². The SMILES string of the molecule is NCCN(C1CC1)S(=O)(=O)c1ccccc1F. The van der Waals surface area contributed by atoms with Gasteiger partial charge in [-0.05, 0) is 25.0 Å². The normalized spacial score (nSPS) is 16.4. The van der Waals surface area contributed by atoms with Crippen molar-refractivity contribution in [3.63, 3.8) is 0 Å². The van der Waals surface area contributed by atoms with Gasteiger partial charge < -0.3 is 5.73 Å². The number of benzene rings is 1. The van der Waals surface area contributed by atoms with Crippen molar-refractivity contribution < 1.29 is 12.8 Å². The summed E-state index contributed by atoms with van der Waals surface area (Å²) in [7, 11) is -3.75. The van der Waals surface area contributed by atoms with E-state index >= 15 is 0 Å². The molecule has 6 heteroatoms. The van der Waals surface area contributed by atoms with Crippen LogP contribution in [0.3, 0.4) is 0 Å². The van der Waals surface area contributed by atoms with Crippen LogP contribution in [0.4, 0.5) is 4.39 Å². The van der Waals surface area contributed by atoms with Gasteiger partial charge in [0.1, 0.15) is 10.7 Å². The van der Waals surface area contributed by atoms with Gasteiger partial charge in [0.05, 0.1) is 0 Å². The monoisotopic (exact) mass is 258 g/mol. The van der Waals surface area contributed by atoms with Crippen molar-refractivity contribution >= 4 is 10.0 Å². The number of rotatable bonds is 5. The van der Waals surface area contributed by atoms with Gasteiger partial charge in [0, 0.05) is 19.1 Å². The molecular weight excluding hydrogens is 243 g/mol. The largest absolute Gasteiger partial charge is 0.329 e. The summed E-state index contributed by atoms with van der Waals surface area (Å²) in [5.41, 5.74) is 5.41. The molecular formula is C11H15FN2O2S. The van der Waals surface area contributed by atoms with Crippen LogP contribution >= 0.6 is 0 Å². The summed E-state index contributed by atoms with van der Waals surface area (Å²) in [5.74, 6) is -0.713. The Hall–Kier alpha value is -0.980. The summed E-state index contributed by atoms with van der Waals surface area (Å²) < 4.78 is 39.4. The number of nitrogens with two attached hydrogens (primary N) is 1. The van der Waals surface area contributed by atoms with Gasteiger partial charge in [-0.15, -0.1) is 0 Å². The predicted octanol–water partition coefficient (Wildman–Crippen LogP) is 0.937. The van der Waals surface area contributed by atoms with Gasteiger partial charge in [-0.3, -0.25) is 0 Å². The average Bonchev–Trinajstić information content (AvgIpc) is 3.10. The van der Waals surface area contributed by atoms with Gasteiger partial charge in [-0.2, -0.15) is 4.31 Å². The fourth-order valence-corrected chi connectivity index (χ4v) is 3.54. The minimum absolute atomic E-state index is 0.0110. The number of hydrogen-bond donors (Lipinski definition) is 1. The summed E-state index contributed by atoms with van der Waals surface area (Å²) in [6.07, 6.45) is 1.65. The van der Waals surface area contributed by atoms with E-state index in [1.165, 1.54) is 22.5 Å². The minimum atomic E-state index is -3.75. The first kappa shape index (κ1) is 12.5.